The summed E-state index contributed by atoms with van der Waals surface area (Å²) in [4.78, 5) is 13.1. The fraction of sp³-hybridized carbons (Fsp3) is 0.214. The largest absolute Gasteiger partial charge is 0.357 e. The first-order chi connectivity index (χ1) is 9.60. The molecule has 5 nitrogen and oxygen atoms in total. The maximum atomic E-state index is 4.49. The first-order valence-electron chi connectivity index (χ1n) is 6.25. The molecule has 2 aromatic heterocycles. The maximum Gasteiger partial charge on any atom is 0.224 e. The SMILES string of the molecule is CNc1ncc(Br)c(-n2cnc3cc(C)c(C)cc32)n1. The molecule has 2 heterocycles. The third-order valence-corrected chi connectivity index (χ3v) is 3.90. The normalized spacial score (nSPS) is 11.0. The Morgan fingerprint density at radius 1 is 1.15 bits per heavy atom. The predicted octanol–water partition coefficient (Wildman–Crippen LogP) is 3.24. The van der Waals surface area contributed by atoms with Crippen molar-refractivity contribution in [1.29, 1.82) is 0 Å². The summed E-state index contributed by atoms with van der Waals surface area (Å²) in [7, 11) is 1.80. The van der Waals surface area contributed by atoms with Crippen LogP contribution < -0.4 is 5.32 Å². The second-order valence-electron chi connectivity index (χ2n) is 4.65. The Morgan fingerprint density at radius 3 is 2.65 bits per heavy atom. The van der Waals surface area contributed by atoms with Gasteiger partial charge in [0.25, 0.3) is 0 Å². The standard InChI is InChI=1S/C14H14BrN5/c1-8-4-11-12(5-9(8)2)20(7-18-11)13-10(15)6-17-14(16-3)19-13/h4-7H,1-3H3,(H,16,17,19). The Hall–Kier alpha value is -1.95. The van der Waals surface area contributed by atoms with Gasteiger partial charge in [-0.15, -0.1) is 0 Å². The molecule has 0 aliphatic rings. The second kappa shape index (κ2) is 4.86. The predicted molar refractivity (Wildman–Crippen MR) is 83.4 cm³/mol. The van der Waals surface area contributed by atoms with Gasteiger partial charge in [-0.05, 0) is 53.0 Å². The van der Waals surface area contributed by atoms with Crippen molar-refractivity contribution in [2.75, 3.05) is 12.4 Å². The van der Waals surface area contributed by atoms with Crippen LogP contribution in [-0.4, -0.2) is 26.6 Å². The Bertz CT molecular complexity index is 794. The van der Waals surface area contributed by atoms with Gasteiger partial charge >= 0.3 is 0 Å². The van der Waals surface area contributed by atoms with E-state index >= 15 is 0 Å². The van der Waals surface area contributed by atoms with Crippen molar-refractivity contribution in [2.45, 2.75) is 13.8 Å². The van der Waals surface area contributed by atoms with Crippen LogP contribution in [0.3, 0.4) is 0 Å². The first-order valence-corrected chi connectivity index (χ1v) is 7.04. The summed E-state index contributed by atoms with van der Waals surface area (Å²) >= 11 is 3.50. The van der Waals surface area contributed by atoms with Crippen LogP contribution in [0.4, 0.5) is 5.95 Å². The van der Waals surface area contributed by atoms with E-state index < -0.39 is 0 Å². The lowest BCUT2D eigenvalue weighted by atomic mass is 10.1. The monoisotopic (exact) mass is 331 g/mol. The van der Waals surface area contributed by atoms with Gasteiger partial charge in [0, 0.05) is 13.2 Å². The van der Waals surface area contributed by atoms with E-state index in [4.69, 9.17) is 0 Å². The number of aromatic nitrogens is 4. The first kappa shape index (κ1) is 13.1. The molecule has 1 aromatic carbocycles. The number of imidazole rings is 1. The van der Waals surface area contributed by atoms with Gasteiger partial charge in [-0.1, -0.05) is 0 Å². The van der Waals surface area contributed by atoms with Crippen LogP contribution in [-0.2, 0) is 0 Å². The Balaban J connectivity index is 2.27. The highest BCUT2D eigenvalue weighted by molar-refractivity contribution is 9.10. The van der Waals surface area contributed by atoms with Crippen molar-refractivity contribution in [3.05, 3.63) is 40.3 Å². The summed E-state index contributed by atoms with van der Waals surface area (Å²) in [6.07, 6.45) is 3.52. The van der Waals surface area contributed by atoms with Crippen LogP contribution >= 0.6 is 15.9 Å². The summed E-state index contributed by atoms with van der Waals surface area (Å²) in [6, 6.07) is 4.22. The number of rotatable bonds is 2. The molecule has 3 aromatic rings. The molecule has 0 atom stereocenters. The van der Waals surface area contributed by atoms with Gasteiger partial charge in [0.15, 0.2) is 5.82 Å². The molecule has 0 spiro atoms. The van der Waals surface area contributed by atoms with Crippen molar-refractivity contribution >= 4 is 32.9 Å². The summed E-state index contributed by atoms with van der Waals surface area (Å²) in [6.45, 7) is 4.19. The van der Waals surface area contributed by atoms with Crippen molar-refractivity contribution in [3.8, 4) is 5.82 Å². The van der Waals surface area contributed by atoms with Crippen LogP contribution in [0.5, 0.6) is 0 Å². The van der Waals surface area contributed by atoms with Gasteiger partial charge in [0.1, 0.15) is 6.33 Å². The molecule has 0 amide bonds. The van der Waals surface area contributed by atoms with E-state index in [1.165, 1.54) is 11.1 Å². The van der Waals surface area contributed by atoms with Crippen molar-refractivity contribution in [3.63, 3.8) is 0 Å². The topological polar surface area (TPSA) is 55.6 Å². The molecule has 6 heteroatoms. The third-order valence-electron chi connectivity index (χ3n) is 3.34. The van der Waals surface area contributed by atoms with Crippen LogP contribution in [0.15, 0.2) is 29.1 Å². The molecular formula is C14H14BrN5. The lowest BCUT2D eigenvalue weighted by Gasteiger charge is -2.08. The zero-order valence-corrected chi connectivity index (χ0v) is 13.1. The van der Waals surface area contributed by atoms with E-state index in [2.05, 4.69) is 62.2 Å². The van der Waals surface area contributed by atoms with Crippen LogP contribution in [0.25, 0.3) is 16.9 Å². The van der Waals surface area contributed by atoms with E-state index in [1.807, 2.05) is 4.57 Å². The Kier molecular flexibility index (Phi) is 3.17. The number of nitrogens with zero attached hydrogens (tertiary/aromatic N) is 4. The number of anilines is 1. The van der Waals surface area contributed by atoms with E-state index in [1.54, 1.807) is 19.6 Å². The fourth-order valence-corrected chi connectivity index (χ4v) is 2.46. The molecular weight excluding hydrogens is 318 g/mol. The molecule has 0 bridgehead atoms. The van der Waals surface area contributed by atoms with Crippen molar-refractivity contribution < 1.29 is 0 Å². The number of fused-ring (bicyclic) bond motifs is 1. The number of aryl methyl sites for hydroxylation is 2. The van der Waals surface area contributed by atoms with Gasteiger partial charge in [-0.25, -0.2) is 9.97 Å². The minimum Gasteiger partial charge on any atom is -0.357 e. The summed E-state index contributed by atoms with van der Waals surface area (Å²) in [5, 5.41) is 2.95. The number of hydrogen-bond acceptors (Lipinski definition) is 4. The molecule has 0 saturated heterocycles. The molecule has 0 unspecified atom stereocenters. The average molecular weight is 332 g/mol. The Morgan fingerprint density at radius 2 is 1.90 bits per heavy atom. The zero-order chi connectivity index (χ0) is 14.3. The zero-order valence-electron chi connectivity index (χ0n) is 11.5. The van der Waals surface area contributed by atoms with Crippen LogP contribution in [0, 0.1) is 13.8 Å². The van der Waals surface area contributed by atoms with E-state index in [0.717, 1.165) is 21.3 Å². The smallest absolute Gasteiger partial charge is 0.224 e. The molecule has 0 fully saturated rings. The Labute approximate surface area is 125 Å². The summed E-state index contributed by atoms with van der Waals surface area (Å²) < 4.78 is 2.79. The van der Waals surface area contributed by atoms with E-state index in [9.17, 15) is 0 Å². The molecule has 0 saturated carbocycles. The van der Waals surface area contributed by atoms with Crippen LogP contribution in [0.1, 0.15) is 11.1 Å². The second-order valence-corrected chi connectivity index (χ2v) is 5.51. The summed E-state index contributed by atoms with van der Waals surface area (Å²) in [5.41, 5.74) is 4.47. The van der Waals surface area contributed by atoms with E-state index in [0.29, 0.717) is 5.95 Å². The maximum absolute atomic E-state index is 4.49. The number of halogens is 1. The molecule has 0 aliphatic carbocycles. The van der Waals surface area contributed by atoms with Gasteiger partial charge < -0.3 is 5.32 Å². The van der Waals surface area contributed by atoms with Gasteiger partial charge in [0.05, 0.1) is 15.5 Å². The highest BCUT2D eigenvalue weighted by atomic mass is 79.9. The van der Waals surface area contributed by atoms with Crippen molar-refractivity contribution in [1.82, 2.24) is 19.5 Å². The van der Waals surface area contributed by atoms with Crippen molar-refractivity contribution in [2.24, 2.45) is 0 Å². The number of hydrogen-bond donors (Lipinski definition) is 1. The quantitative estimate of drug-likeness (QED) is 0.783. The highest BCUT2D eigenvalue weighted by Gasteiger charge is 2.11. The molecule has 20 heavy (non-hydrogen) atoms. The molecule has 0 aliphatic heterocycles. The number of nitrogens with one attached hydrogen (secondary N) is 1. The van der Waals surface area contributed by atoms with Gasteiger partial charge in [0.2, 0.25) is 5.95 Å². The molecule has 102 valence electrons. The molecule has 1 N–H and O–H groups in total. The van der Waals surface area contributed by atoms with Gasteiger partial charge in [-0.3, -0.25) is 4.57 Å². The molecule has 3 rings (SSSR count). The highest BCUT2D eigenvalue weighted by Crippen LogP contribution is 2.25. The lowest BCUT2D eigenvalue weighted by Crippen LogP contribution is -2.03. The summed E-state index contributed by atoms with van der Waals surface area (Å²) in [5.74, 6) is 1.35. The van der Waals surface area contributed by atoms with Gasteiger partial charge in [-0.2, -0.15) is 4.98 Å². The minimum absolute atomic E-state index is 0.578. The minimum atomic E-state index is 0.578. The fourth-order valence-electron chi connectivity index (χ4n) is 2.08. The molecule has 0 radical (unpaired) electrons. The lowest BCUT2D eigenvalue weighted by molar-refractivity contribution is 0.984. The number of benzene rings is 1. The van der Waals surface area contributed by atoms with Crippen LogP contribution in [0.2, 0.25) is 0 Å². The average Bonchev–Trinajstić information content (AvgIpc) is 2.83. The third kappa shape index (κ3) is 2.06. The van der Waals surface area contributed by atoms with E-state index in [-0.39, 0.29) is 0 Å².